The smallest absolute Gasteiger partial charge is 0.255 e. The third-order valence-corrected chi connectivity index (χ3v) is 6.42. The van der Waals surface area contributed by atoms with Gasteiger partial charge in [0, 0.05) is 25.5 Å². The summed E-state index contributed by atoms with van der Waals surface area (Å²) in [5, 5.41) is 5.09. The van der Waals surface area contributed by atoms with Gasteiger partial charge in [-0.3, -0.25) is 9.80 Å². The number of nitrogens with zero attached hydrogens (tertiary/aromatic N) is 1. The number of hydrogen-bond donors (Lipinski definition) is 3. The minimum Gasteiger partial charge on any atom is -0.496 e. The van der Waals surface area contributed by atoms with Gasteiger partial charge in [0.05, 0.1) is 18.4 Å². The highest BCUT2D eigenvalue weighted by atomic mass is 16.5. The number of hydrogen-bond acceptors (Lipinski definition) is 5. The van der Waals surface area contributed by atoms with E-state index in [1.807, 2.05) is 37.2 Å². The van der Waals surface area contributed by atoms with Crippen LogP contribution < -0.4 is 26.2 Å². The van der Waals surface area contributed by atoms with Crippen LogP contribution in [0.3, 0.4) is 0 Å². The largest absolute Gasteiger partial charge is 0.496 e. The van der Waals surface area contributed by atoms with Crippen molar-refractivity contribution in [2.24, 2.45) is 5.73 Å². The van der Waals surface area contributed by atoms with Gasteiger partial charge in [0.2, 0.25) is 0 Å². The maximum atomic E-state index is 13.2. The van der Waals surface area contributed by atoms with Gasteiger partial charge >= 0.3 is 0 Å². The number of anilines is 1. The maximum absolute atomic E-state index is 13.2. The Hall–Kier alpha value is -2.99. The predicted octanol–water partition coefficient (Wildman–Crippen LogP) is 4.34. The number of hydrazine groups is 1. The van der Waals surface area contributed by atoms with Crippen LogP contribution in [0.4, 0.5) is 5.69 Å². The highest BCUT2D eigenvalue weighted by molar-refractivity contribution is 5.98. The number of nitrogens with one attached hydrogen (secondary N) is 2. The highest BCUT2D eigenvalue weighted by Gasteiger charge is 2.22. The third-order valence-electron chi connectivity index (χ3n) is 6.42. The van der Waals surface area contributed by atoms with Gasteiger partial charge in [-0.1, -0.05) is 31.4 Å². The van der Waals surface area contributed by atoms with Crippen LogP contribution in [0.25, 0.3) is 0 Å². The van der Waals surface area contributed by atoms with Crippen LogP contribution in [0.1, 0.15) is 64.7 Å². The highest BCUT2D eigenvalue weighted by Crippen LogP contribution is 2.31. The summed E-state index contributed by atoms with van der Waals surface area (Å²) in [5.41, 5.74) is 14.7. The fourth-order valence-electron chi connectivity index (χ4n) is 4.46. The van der Waals surface area contributed by atoms with Crippen molar-refractivity contribution in [2.45, 2.75) is 58.4 Å². The average Bonchev–Trinajstić information content (AvgIpc) is 2.81. The zero-order valence-electron chi connectivity index (χ0n) is 19.7. The topological polar surface area (TPSA) is 79.6 Å². The van der Waals surface area contributed by atoms with E-state index in [1.54, 1.807) is 13.3 Å². The van der Waals surface area contributed by atoms with Gasteiger partial charge in [-0.15, -0.1) is 0 Å². The normalized spacial score (nSPS) is 14.5. The quantitative estimate of drug-likeness (QED) is 0.537. The molecule has 0 spiro atoms. The second kappa shape index (κ2) is 11.0. The minimum absolute atomic E-state index is 0.0355. The Morgan fingerprint density at radius 2 is 1.84 bits per heavy atom. The van der Waals surface area contributed by atoms with Crippen molar-refractivity contribution in [3.05, 3.63) is 70.5 Å². The zero-order valence-corrected chi connectivity index (χ0v) is 19.7. The number of methoxy groups -OCH3 is 1. The molecule has 2 aromatic rings. The van der Waals surface area contributed by atoms with E-state index >= 15 is 0 Å². The lowest BCUT2D eigenvalue weighted by molar-refractivity contribution is 0.0924. The predicted molar refractivity (Wildman–Crippen MR) is 131 cm³/mol. The minimum atomic E-state index is -0.0355. The molecule has 0 unspecified atom stereocenters. The summed E-state index contributed by atoms with van der Waals surface area (Å²) in [6.45, 7) is 4.13. The molecule has 1 amide bonds. The van der Waals surface area contributed by atoms with Gasteiger partial charge in [0.1, 0.15) is 5.75 Å². The van der Waals surface area contributed by atoms with Crippen molar-refractivity contribution in [3.63, 3.8) is 0 Å². The van der Waals surface area contributed by atoms with Crippen molar-refractivity contribution < 1.29 is 9.53 Å². The zero-order chi connectivity index (χ0) is 23.1. The first-order valence-corrected chi connectivity index (χ1v) is 11.4. The van der Waals surface area contributed by atoms with Gasteiger partial charge in [0.25, 0.3) is 5.91 Å². The second-order valence-electron chi connectivity index (χ2n) is 8.45. The Morgan fingerprint density at radius 1 is 1.16 bits per heavy atom. The SMILES string of the molecule is CNN(/C=C\N)c1ccc(Cc2cc(C(=O)NC3CCCCC3)c(OC)c(C)c2C)cc1. The number of amides is 1. The molecular weight excluding hydrogens is 400 g/mol. The number of nitrogens with two attached hydrogens (primary N) is 1. The van der Waals surface area contributed by atoms with E-state index in [2.05, 4.69) is 29.8 Å². The number of ether oxygens (including phenoxy) is 1. The summed E-state index contributed by atoms with van der Waals surface area (Å²) < 4.78 is 5.66. The summed E-state index contributed by atoms with van der Waals surface area (Å²) in [6.07, 6.45) is 9.74. The molecule has 6 nitrogen and oxygen atoms in total. The molecule has 0 saturated heterocycles. The van der Waals surface area contributed by atoms with Crippen LogP contribution in [-0.2, 0) is 6.42 Å². The Labute approximate surface area is 191 Å². The van der Waals surface area contributed by atoms with E-state index in [1.165, 1.54) is 31.0 Å². The molecule has 0 heterocycles. The van der Waals surface area contributed by atoms with Crippen LogP contribution in [0.15, 0.2) is 42.7 Å². The van der Waals surface area contributed by atoms with E-state index in [0.717, 1.165) is 41.6 Å². The van der Waals surface area contributed by atoms with Crippen LogP contribution in [0.5, 0.6) is 5.75 Å². The molecular formula is C26H36N4O2. The number of carbonyl (C=O) groups is 1. The van der Waals surface area contributed by atoms with Gasteiger partial charge < -0.3 is 15.8 Å². The fraction of sp³-hybridized carbons (Fsp3) is 0.423. The van der Waals surface area contributed by atoms with E-state index in [9.17, 15) is 4.79 Å². The second-order valence-corrected chi connectivity index (χ2v) is 8.45. The fourth-order valence-corrected chi connectivity index (χ4v) is 4.46. The molecule has 0 radical (unpaired) electrons. The van der Waals surface area contributed by atoms with E-state index in [0.29, 0.717) is 11.3 Å². The van der Waals surface area contributed by atoms with Gasteiger partial charge in [-0.25, -0.2) is 5.43 Å². The van der Waals surface area contributed by atoms with Crippen LogP contribution in [0.2, 0.25) is 0 Å². The molecule has 1 aliphatic rings. The molecule has 0 bridgehead atoms. The molecule has 1 aliphatic carbocycles. The van der Waals surface area contributed by atoms with Crippen molar-refractivity contribution in [1.82, 2.24) is 10.7 Å². The Morgan fingerprint density at radius 3 is 2.44 bits per heavy atom. The van der Waals surface area contributed by atoms with Crippen molar-refractivity contribution in [2.75, 3.05) is 19.2 Å². The van der Waals surface area contributed by atoms with Crippen LogP contribution >= 0.6 is 0 Å². The molecule has 0 atom stereocenters. The van der Waals surface area contributed by atoms with E-state index in [-0.39, 0.29) is 11.9 Å². The Balaban J connectivity index is 1.85. The summed E-state index contributed by atoms with van der Waals surface area (Å²) in [5.74, 6) is 0.639. The lowest BCUT2D eigenvalue weighted by Gasteiger charge is -2.24. The summed E-state index contributed by atoms with van der Waals surface area (Å²) >= 11 is 0. The molecule has 1 fully saturated rings. The van der Waals surface area contributed by atoms with Gasteiger partial charge in [-0.2, -0.15) is 0 Å². The van der Waals surface area contributed by atoms with Crippen LogP contribution in [0, 0.1) is 13.8 Å². The summed E-state index contributed by atoms with van der Waals surface area (Å²) in [6, 6.07) is 10.6. The maximum Gasteiger partial charge on any atom is 0.255 e. The molecule has 4 N–H and O–H groups in total. The lowest BCUT2D eigenvalue weighted by atomic mass is 9.92. The monoisotopic (exact) mass is 436 g/mol. The molecule has 0 aromatic heterocycles. The number of rotatable bonds is 8. The molecule has 172 valence electrons. The third kappa shape index (κ3) is 5.43. The van der Waals surface area contributed by atoms with E-state index in [4.69, 9.17) is 10.5 Å². The van der Waals surface area contributed by atoms with E-state index < -0.39 is 0 Å². The van der Waals surface area contributed by atoms with Crippen LogP contribution in [-0.4, -0.2) is 26.1 Å². The van der Waals surface area contributed by atoms with Crippen molar-refractivity contribution in [3.8, 4) is 5.75 Å². The summed E-state index contributed by atoms with van der Waals surface area (Å²) in [4.78, 5) is 13.2. The molecule has 2 aromatic carbocycles. The first-order valence-electron chi connectivity index (χ1n) is 11.4. The Bertz CT molecular complexity index is 947. The average molecular weight is 437 g/mol. The van der Waals surface area contributed by atoms with Crippen molar-refractivity contribution >= 4 is 11.6 Å². The Kier molecular flexibility index (Phi) is 8.17. The molecule has 1 saturated carbocycles. The number of benzene rings is 2. The standard InChI is InChI=1S/C26H36N4O2/c1-18-19(2)25(32-4)24(26(31)29-22-8-6-5-7-9-22)17-21(18)16-20-10-12-23(13-11-20)30(28-3)15-14-27/h10-15,17,22,28H,5-9,16,27H2,1-4H3,(H,29,31)/b15-14-. The molecule has 3 rings (SSSR count). The first kappa shape index (κ1) is 23.7. The molecule has 0 aliphatic heterocycles. The van der Waals surface area contributed by atoms with Crippen molar-refractivity contribution in [1.29, 1.82) is 0 Å². The first-order chi connectivity index (χ1) is 15.5. The van der Waals surface area contributed by atoms with Gasteiger partial charge in [-0.05, 0) is 73.6 Å². The lowest BCUT2D eigenvalue weighted by Crippen LogP contribution is -2.36. The number of carbonyl (C=O) groups excluding carboxylic acids is 1. The molecule has 32 heavy (non-hydrogen) atoms. The van der Waals surface area contributed by atoms with Gasteiger partial charge in [0.15, 0.2) is 0 Å². The summed E-state index contributed by atoms with van der Waals surface area (Å²) in [7, 11) is 3.48. The molecule has 6 heteroatoms.